The van der Waals surface area contributed by atoms with Gasteiger partial charge in [-0.3, -0.25) is 0 Å². The maximum atomic E-state index is 12.3. The maximum Gasteiger partial charge on any atom is 0.320 e. The Bertz CT molecular complexity index is 269. The van der Waals surface area contributed by atoms with E-state index in [1.54, 1.807) is 0 Å². The molecular weight excluding hydrogens is 246 g/mol. The van der Waals surface area contributed by atoms with Gasteiger partial charge in [-0.05, 0) is 43.9 Å². The van der Waals surface area contributed by atoms with Gasteiger partial charge in [0.05, 0.1) is 0 Å². The van der Waals surface area contributed by atoms with E-state index in [2.05, 4.69) is 17.1 Å². The molecule has 2 saturated heterocycles. The van der Waals surface area contributed by atoms with Crippen LogP contribution >= 0.6 is 11.8 Å². The quantitative estimate of drug-likeness (QED) is 0.746. The second-order valence-electron chi connectivity index (χ2n) is 4.99. The Morgan fingerprint density at radius 2 is 2.11 bits per heavy atom. The lowest BCUT2D eigenvalue weighted by Crippen LogP contribution is -2.45. The van der Waals surface area contributed by atoms with Crippen molar-refractivity contribution in [2.45, 2.75) is 32.2 Å². The molecule has 2 heterocycles. The summed E-state index contributed by atoms with van der Waals surface area (Å²) in [5, 5.41) is 3.36. The lowest BCUT2D eigenvalue weighted by atomic mass is 10.1. The summed E-state index contributed by atoms with van der Waals surface area (Å²) in [5.41, 5.74) is 0. The maximum absolute atomic E-state index is 12.3. The number of thioether (sulfide) groups is 1. The first-order valence-corrected chi connectivity index (χ1v) is 8.32. The normalized spacial score (nSPS) is 21.9. The molecule has 0 radical (unpaired) electrons. The van der Waals surface area contributed by atoms with Crippen LogP contribution in [0.3, 0.4) is 0 Å². The van der Waals surface area contributed by atoms with Crippen LogP contribution in [0.25, 0.3) is 0 Å². The SMILES string of the molecule is CCSCCCN1CCN(C2CCNCC2)C1=O. The summed E-state index contributed by atoms with van der Waals surface area (Å²) in [6, 6.07) is 0.761. The zero-order valence-electron chi connectivity index (χ0n) is 11.4. The molecule has 0 unspecified atom stereocenters. The van der Waals surface area contributed by atoms with E-state index in [9.17, 15) is 4.79 Å². The van der Waals surface area contributed by atoms with Crippen molar-refractivity contribution in [2.75, 3.05) is 44.2 Å². The highest BCUT2D eigenvalue weighted by Gasteiger charge is 2.33. The van der Waals surface area contributed by atoms with Gasteiger partial charge in [-0.25, -0.2) is 4.79 Å². The molecule has 5 heteroatoms. The predicted octanol–water partition coefficient (Wildman–Crippen LogP) is 1.62. The Kier molecular flexibility index (Phi) is 5.63. The minimum atomic E-state index is 0.281. The number of rotatable bonds is 6. The first-order valence-electron chi connectivity index (χ1n) is 7.17. The lowest BCUT2D eigenvalue weighted by molar-refractivity contribution is 0.166. The van der Waals surface area contributed by atoms with Gasteiger partial charge in [-0.1, -0.05) is 6.92 Å². The lowest BCUT2D eigenvalue weighted by Gasteiger charge is -2.31. The van der Waals surface area contributed by atoms with Crippen molar-refractivity contribution in [2.24, 2.45) is 0 Å². The van der Waals surface area contributed by atoms with Crippen LogP contribution in [0.4, 0.5) is 4.79 Å². The number of urea groups is 1. The average Bonchev–Trinajstić information content (AvgIpc) is 2.77. The highest BCUT2D eigenvalue weighted by Crippen LogP contribution is 2.19. The summed E-state index contributed by atoms with van der Waals surface area (Å²) in [6.45, 7) is 7.10. The van der Waals surface area contributed by atoms with Gasteiger partial charge in [0.15, 0.2) is 0 Å². The molecule has 0 aromatic heterocycles. The molecule has 0 spiro atoms. The fourth-order valence-electron chi connectivity index (χ4n) is 2.77. The zero-order valence-corrected chi connectivity index (χ0v) is 12.2. The number of hydrogen-bond acceptors (Lipinski definition) is 3. The van der Waals surface area contributed by atoms with Crippen molar-refractivity contribution in [1.82, 2.24) is 15.1 Å². The summed E-state index contributed by atoms with van der Waals surface area (Å²) in [4.78, 5) is 16.4. The minimum Gasteiger partial charge on any atom is -0.323 e. The van der Waals surface area contributed by atoms with Crippen LogP contribution in [0.1, 0.15) is 26.2 Å². The second-order valence-corrected chi connectivity index (χ2v) is 6.39. The zero-order chi connectivity index (χ0) is 12.8. The van der Waals surface area contributed by atoms with Gasteiger partial charge in [-0.15, -0.1) is 0 Å². The van der Waals surface area contributed by atoms with Crippen LogP contribution in [-0.4, -0.2) is 66.1 Å². The number of carbonyl (C=O) groups excluding carboxylic acids is 1. The first-order chi connectivity index (χ1) is 8.83. The van der Waals surface area contributed by atoms with E-state index in [1.807, 2.05) is 16.7 Å². The van der Waals surface area contributed by atoms with Gasteiger partial charge in [0, 0.05) is 25.7 Å². The summed E-state index contributed by atoms with van der Waals surface area (Å²) in [6.07, 6.45) is 3.36. The van der Waals surface area contributed by atoms with Gasteiger partial charge in [0.25, 0.3) is 0 Å². The van der Waals surface area contributed by atoms with Gasteiger partial charge in [0.1, 0.15) is 0 Å². The van der Waals surface area contributed by atoms with Crippen LogP contribution in [0.2, 0.25) is 0 Å². The summed E-state index contributed by atoms with van der Waals surface area (Å²) in [5.74, 6) is 2.35. The molecule has 2 aliphatic heterocycles. The number of piperidine rings is 1. The molecule has 1 N–H and O–H groups in total. The van der Waals surface area contributed by atoms with Crippen molar-refractivity contribution in [3.8, 4) is 0 Å². The molecule has 2 aliphatic rings. The topological polar surface area (TPSA) is 35.6 Å². The number of hydrogen-bond donors (Lipinski definition) is 1. The highest BCUT2D eigenvalue weighted by molar-refractivity contribution is 7.99. The molecule has 2 amide bonds. The van der Waals surface area contributed by atoms with E-state index in [1.165, 1.54) is 11.5 Å². The summed E-state index contributed by atoms with van der Waals surface area (Å²) >= 11 is 1.96. The standard InChI is InChI=1S/C13H25N3OS/c1-2-18-11-3-8-15-9-10-16(13(15)17)12-4-6-14-7-5-12/h12,14H,2-11H2,1H3. The van der Waals surface area contributed by atoms with Crippen molar-refractivity contribution in [1.29, 1.82) is 0 Å². The number of nitrogens with zero attached hydrogens (tertiary/aromatic N) is 2. The Morgan fingerprint density at radius 3 is 2.83 bits per heavy atom. The van der Waals surface area contributed by atoms with Crippen molar-refractivity contribution < 1.29 is 4.79 Å². The van der Waals surface area contributed by atoms with E-state index in [0.717, 1.165) is 52.0 Å². The summed E-state index contributed by atoms with van der Waals surface area (Å²) < 4.78 is 0. The smallest absolute Gasteiger partial charge is 0.320 e. The van der Waals surface area contributed by atoms with Gasteiger partial charge in [-0.2, -0.15) is 11.8 Å². The number of carbonyl (C=O) groups is 1. The number of amides is 2. The van der Waals surface area contributed by atoms with Gasteiger partial charge in [0.2, 0.25) is 0 Å². The fraction of sp³-hybridized carbons (Fsp3) is 0.923. The molecule has 18 heavy (non-hydrogen) atoms. The monoisotopic (exact) mass is 271 g/mol. The van der Waals surface area contributed by atoms with E-state index in [0.29, 0.717) is 6.04 Å². The van der Waals surface area contributed by atoms with Crippen LogP contribution < -0.4 is 5.32 Å². The third kappa shape index (κ3) is 3.54. The van der Waals surface area contributed by atoms with E-state index in [-0.39, 0.29) is 6.03 Å². The van der Waals surface area contributed by atoms with Crippen LogP contribution in [0, 0.1) is 0 Å². The van der Waals surface area contributed by atoms with Crippen molar-refractivity contribution in [3.05, 3.63) is 0 Å². The molecule has 0 aliphatic carbocycles. The largest absolute Gasteiger partial charge is 0.323 e. The van der Waals surface area contributed by atoms with Gasteiger partial charge < -0.3 is 15.1 Å². The number of nitrogens with one attached hydrogen (secondary N) is 1. The first kappa shape index (κ1) is 14.0. The molecular formula is C13H25N3OS. The summed E-state index contributed by atoms with van der Waals surface area (Å²) in [7, 11) is 0. The van der Waals surface area contributed by atoms with E-state index in [4.69, 9.17) is 0 Å². The third-order valence-corrected chi connectivity index (χ3v) is 4.78. The van der Waals surface area contributed by atoms with E-state index >= 15 is 0 Å². The molecule has 2 fully saturated rings. The Labute approximate surface area is 114 Å². The van der Waals surface area contributed by atoms with Crippen molar-refractivity contribution in [3.63, 3.8) is 0 Å². The van der Waals surface area contributed by atoms with Crippen molar-refractivity contribution >= 4 is 17.8 Å². The molecule has 104 valence electrons. The second kappa shape index (κ2) is 7.24. The Hall–Kier alpha value is -0.420. The molecule has 0 atom stereocenters. The molecule has 2 rings (SSSR count). The highest BCUT2D eigenvalue weighted by atomic mass is 32.2. The van der Waals surface area contributed by atoms with E-state index < -0.39 is 0 Å². The third-order valence-electron chi connectivity index (χ3n) is 3.80. The molecule has 0 bridgehead atoms. The van der Waals surface area contributed by atoms with Gasteiger partial charge >= 0.3 is 6.03 Å². The van der Waals surface area contributed by atoms with Crippen LogP contribution in [0.15, 0.2) is 0 Å². The molecule has 0 saturated carbocycles. The molecule has 0 aromatic carbocycles. The molecule has 0 aromatic rings. The fourth-order valence-corrected chi connectivity index (χ4v) is 3.39. The Balaban J connectivity index is 1.74. The average molecular weight is 271 g/mol. The predicted molar refractivity (Wildman–Crippen MR) is 77.2 cm³/mol. The van der Waals surface area contributed by atoms with Crippen LogP contribution in [-0.2, 0) is 0 Å². The minimum absolute atomic E-state index is 0.281. The van der Waals surface area contributed by atoms with Crippen LogP contribution in [0.5, 0.6) is 0 Å². The Morgan fingerprint density at radius 1 is 1.33 bits per heavy atom. The molecule has 4 nitrogen and oxygen atoms in total.